The van der Waals surface area contributed by atoms with Crippen molar-refractivity contribution in [2.45, 2.75) is 0 Å². The summed E-state index contributed by atoms with van der Waals surface area (Å²) in [5.41, 5.74) is 1.96. The minimum Gasteiger partial charge on any atom is -0.491 e. The number of anilines is 1. The molecule has 3 heterocycles. The van der Waals surface area contributed by atoms with Gasteiger partial charge in [-0.05, 0) is 36.4 Å². The van der Waals surface area contributed by atoms with Gasteiger partial charge in [-0.3, -0.25) is 4.79 Å². The average Bonchev–Trinajstić information content (AvgIpc) is 3.52. The SMILES string of the molecule is COc1cn(-c2ccc(N3CC=CC3)cc2F)nc(-c2ccnn2-c2ccccc2)c1=O. The van der Waals surface area contributed by atoms with E-state index in [1.807, 2.05) is 48.6 Å². The number of hydrogen-bond acceptors (Lipinski definition) is 5. The van der Waals surface area contributed by atoms with E-state index in [1.54, 1.807) is 23.0 Å². The fourth-order valence-electron chi connectivity index (χ4n) is 3.73. The maximum Gasteiger partial charge on any atom is 0.251 e. The van der Waals surface area contributed by atoms with Crippen molar-refractivity contribution in [2.75, 3.05) is 25.1 Å². The van der Waals surface area contributed by atoms with Crippen molar-refractivity contribution in [3.8, 4) is 28.5 Å². The van der Waals surface area contributed by atoms with E-state index >= 15 is 4.39 Å². The third kappa shape index (κ3) is 3.45. The summed E-state index contributed by atoms with van der Waals surface area (Å²) in [4.78, 5) is 15.1. The van der Waals surface area contributed by atoms with Crippen LogP contribution in [0.25, 0.3) is 22.8 Å². The van der Waals surface area contributed by atoms with Crippen LogP contribution in [0, 0.1) is 5.82 Å². The Balaban J connectivity index is 1.62. The Kier molecular flexibility index (Phi) is 5.03. The number of halogens is 1. The number of methoxy groups -OCH3 is 1. The van der Waals surface area contributed by atoms with Crippen LogP contribution in [-0.2, 0) is 0 Å². The molecule has 0 radical (unpaired) electrons. The molecule has 160 valence electrons. The number of hydrogen-bond donors (Lipinski definition) is 0. The van der Waals surface area contributed by atoms with Gasteiger partial charge < -0.3 is 9.64 Å². The van der Waals surface area contributed by atoms with Gasteiger partial charge in [0.05, 0.1) is 30.9 Å². The van der Waals surface area contributed by atoms with E-state index in [1.165, 1.54) is 24.1 Å². The molecule has 1 aliphatic heterocycles. The molecule has 32 heavy (non-hydrogen) atoms. The maximum absolute atomic E-state index is 15.1. The van der Waals surface area contributed by atoms with Gasteiger partial charge >= 0.3 is 0 Å². The van der Waals surface area contributed by atoms with Crippen LogP contribution in [-0.4, -0.2) is 39.8 Å². The number of aromatic nitrogens is 4. The van der Waals surface area contributed by atoms with Gasteiger partial charge in [0.25, 0.3) is 5.43 Å². The molecule has 0 amide bonds. The second kappa shape index (κ2) is 8.14. The Morgan fingerprint density at radius 2 is 1.78 bits per heavy atom. The lowest BCUT2D eigenvalue weighted by Crippen LogP contribution is -2.20. The van der Waals surface area contributed by atoms with Crippen LogP contribution < -0.4 is 15.1 Å². The molecule has 0 spiro atoms. The zero-order chi connectivity index (χ0) is 22.1. The molecule has 0 bridgehead atoms. The zero-order valence-corrected chi connectivity index (χ0v) is 17.4. The molecule has 8 heteroatoms. The summed E-state index contributed by atoms with van der Waals surface area (Å²) in [6.07, 6.45) is 7.07. The van der Waals surface area contributed by atoms with Gasteiger partial charge in [0.1, 0.15) is 5.69 Å². The first-order valence-corrected chi connectivity index (χ1v) is 10.1. The van der Waals surface area contributed by atoms with Crippen LogP contribution in [0.1, 0.15) is 0 Å². The first-order chi connectivity index (χ1) is 15.7. The summed E-state index contributed by atoms with van der Waals surface area (Å²) < 4.78 is 23.3. The van der Waals surface area contributed by atoms with E-state index in [0.717, 1.165) is 24.5 Å². The van der Waals surface area contributed by atoms with Gasteiger partial charge in [0.2, 0.25) is 0 Å². The highest BCUT2D eigenvalue weighted by molar-refractivity contribution is 5.60. The highest BCUT2D eigenvalue weighted by atomic mass is 19.1. The summed E-state index contributed by atoms with van der Waals surface area (Å²) in [5.74, 6) is -0.391. The number of nitrogens with zero attached hydrogens (tertiary/aromatic N) is 5. The maximum atomic E-state index is 15.1. The first-order valence-electron chi connectivity index (χ1n) is 10.1. The number of benzene rings is 2. The molecule has 0 unspecified atom stereocenters. The standard InChI is InChI=1S/C24H20FN5O2/c1-32-22-16-29(20-10-9-18(15-19(20)25)28-13-5-6-14-28)27-23(24(22)31)21-11-12-26-30(21)17-7-3-2-4-8-17/h2-12,15-16H,13-14H2,1H3. The summed E-state index contributed by atoms with van der Waals surface area (Å²) in [7, 11) is 1.40. The molecule has 0 aliphatic carbocycles. The minimum absolute atomic E-state index is 0.0584. The fourth-order valence-corrected chi connectivity index (χ4v) is 3.73. The molecule has 7 nitrogen and oxygen atoms in total. The average molecular weight is 429 g/mol. The van der Waals surface area contributed by atoms with E-state index in [4.69, 9.17) is 4.74 Å². The summed E-state index contributed by atoms with van der Waals surface area (Å²) in [5, 5.41) is 8.80. The van der Waals surface area contributed by atoms with Crippen molar-refractivity contribution in [2.24, 2.45) is 0 Å². The molecule has 0 N–H and O–H groups in total. The van der Waals surface area contributed by atoms with Crippen molar-refractivity contribution in [3.63, 3.8) is 0 Å². The number of ether oxygens (including phenoxy) is 1. The summed E-state index contributed by atoms with van der Waals surface area (Å²) in [6, 6.07) is 16.1. The minimum atomic E-state index is -0.449. The van der Waals surface area contributed by atoms with Crippen molar-refractivity contribution in [1.29, 1.82) is 0 Å². The Bertz CT molecular complexity index is 1350. The molecule has 0 fully saturated rings. The highest BCUT2D eigenvalue weighted by Crippen LogP contribution is 2.25. The van der Waals surface area contributed by atoms with Gasteiger partial charge in [0.15, 0.2) is 17.3 Å². The second-order valence-electron chi connectivity index (χ2n) is 7.30. The normalized spacial score (nSPS) is 13.0. The Labute approximate surface area is 183 Å². The molecular formula is C24H20FN5O2. The first kappa shape index (κ1) is 19.7. The predicted molar refractivity (Wildman–Crippen MR) is 120 cm³/mol. The fraction of sp³-hybridized carbons (Fsp3) is 0.125. The van der Waals surface area contributed by atoms with E-state index in [-0.39, 0.29) is 17.1 Å². The monoisotopic (exact) mass is 429 g/mol. The van der Waals surface area contributed by atoms with Gasteiger partial charge in [-0.25, -0.2) is 13.8 Å². The van der Waals surface area contributed by atoms with E-state index < -0.39 is 11.2 Å². The Hall–Kier alpha value is -4.20. The lowest BCUT2D eigenvalue weighted by Gasteiger charge is -2.19. The quantitative estimate of drug-likeness (QED) is 0.454. The van der Waals surface area contributed by atoms with E-state index in [2.05, 4.69) is 15.1 Å². The van der Waals surface area contributed by atoms with Crippen LogP contribution in [0.15, 0.2) is 83.9 Å². The molecule has 0 saturated heterocycles. The van der Waals surface area contributed by atoms with Crippen LogP contribution in [0.4, 0.5) is 10.1 Å². The van der Waals surface area contributed by atoms with Gasteiger partial charge in [0, 0.05) is 18.8 Å². The van der Waals surface area contributed by atoms with Crippen LogP contribution >= 0.6 is 0 Å². The van der Waals surface area contributed by atoms with Crippen molar-refractivity contribution in [1.82, 2.24) is 19.6 Å². The molecule has 2 aromatic heterocycles. The lowest BCUT2D eigenvalue weighted by molar-refractivity contribution is 0.405. The smallest absolute Gasteiger partial charge is 0.251 e. The predicted octanol–water partition coefficient (Wildman–Crippen LogP) is 3.61. The van der Waals surface area contributed by atoms with Crippen LogP contribution in [0.2, 0.25) is 0 Å². The largest absolute Gasteiger partial charge is 0.491 e. The molecule has 4 aromatic rings. The third-order valence-electron chi connectivity index (χ3n) is 5.35. The molecule has 5 rings (SSSR count). The van der Waals surface area contributed by atoms with Crippen LogP contribution in [0.3, 0.4) is 0 Å². The number of rotatable bonds is 5. The summed E-state index contributed by atoms with van der Waals surface area (Å²) >= 11 is 0. The molecular weight excluding hydrogens is 409 g/mol. The topological polar surface area (TPSA) is 65.2 Å². The van der Waals surface area contributed by atoms with Crippen LogP contribution in [0.5, 0.6) is 5.75 Å². The molecule has 2 aromatic carbocycles. The van der Waals surface area contributed by atoms with Crippen molar-refractivity contribution < 1.29 is 9.13 Å². The lowest BCUT2D eigenvalue weighted by atomic mass is 10.2. The van der Waals surface area contributed by atoms with Gasteiger partial charge in [-0.1, -0.05) is 30.4 Å². The molecule has 1 aliphatic rings. The molecule has 0 saturated carbocycles. The Morgan fingerprint density at radius 3 is 2.50 bits per heavy atom. The highest BCUT2D eigenvalue weighted by Gasteiger charge is 2.19. The number of para-hydroxylation sites is 1. The Morgan fingerprint density at radius 1 is 1.00 bits per heavy atom. The third-order valence-corrected chi connectivity index (χ3v) is 5.35. The van der Waals surface area contributed by atoms with E-state index in [0.29, 0.717) is 5.69 Å². The molecule has 0 atom stereocenters. The second-order valence-corrected chi connectivity index (χ2v) is 7.30. The van der Waals surface area contributed by atoms with Crippen molar-refractivity contribution >= 4 is 5.69 Å². The zero-order valence-electron chi connectivity index (χ0n) is 17.4. The van der Waals surface area contributed by atoms with Crippen molar-refractivity contribution in [3.05, 3.63) is 95.2 Å². The van der Waals surface area contributed by atoms with Gasteiger partial charge in [-0.15, -0.1) is 0 Å². The van der Waals surface area contributed by atoms with E-state index in [9.17, 15) is 4.79 Å². The van der Waals surface area contributed by atoms with Gasteiger partial charge in [-0.2, -0.15) is 10.2 Å². The summed E-state index contributed by atoms with van der Waals surface area (Å²) in [6.45, 7) is 1.49.